The molecule has 2 aromatic heterocycles. The van der Waals surface area contributed by atoms with Gasteiger partial charge in [-0.05, 0) is 54.1 Å². The van der Waals surface area contributed by atoms with Crippen LogP contribution in [0.4, 0.5) is 0 Å². The van der Waals surface area contributed by atoms with Crippen molar-refractivity contribution in [1.29, 1.82) is 0 Å². The Morgan fingerprint density at radius 3 is 2.63 bits per heavy atom. The van der Waals surface area contributed by atoms with Crippen LogP contribution in [0.5, 0.6) is 5.75 Å². The third-order valence-corrected chi connectivity index (χ3v) is 5.40. The van der Waals surface area contributed by atoms with Crippen molar-refractivity contribution in [2.75, 3.05) is 13.2 Å². The lowest BCUT2D eigenvalue weighted by molar-refractivity contribution is -0.144. The summed E-state index contributed by atoms with van der Waals surface area (Å²) < 4.78 is 12.1. The summed E-state index contributed by atoms with van der Waals surface area (Å²) in [6, 6.07) is 17.4. The molecule has 4 rings (SSSR count). The van der Waals surface area contributed by atoms with Crippen molar-refractivity contribution >= 4 is 16.9 Å². The van der Waals surface area contributed by atoms with Crippen LogP contribution in [0.3, 0.4) is 0 Å². The van der Waals surface area contributed by atoms with Crippen molar-refractivity contribution in [3.63, 3.8) is 0 Å². The molecule has 2 heterocycles. The van der Waals surface area contributed by atoms with E-state index in [9.17, 15) is 9.59 Å². The topological polar surface area (TPSA) is 115 Å². The Morgan fingerprint density at radius 1 is 1.03 bits per heavy atom. The molecule has 182 valence electrons. The van der Waals surface area contributed by atoms with E-state index in [1.54, 1.807) is 6.92 Å². The van der Waals surface area contributed by atoms with Gasteiger partial charge in [0.15, 0.2) is 5.82 Å². The molecule has 0 amide bonds. The number of ether oxygens (including phenoxy) is 2. The number of benzene rings is 2. The third kappa shape index (κ3) is 6.30. The van der Waals surface area contributed by atoms with Crippen molar-refractivity contribution < 1.29 is 14.3 Å². The molecule has 0 aliphatic rings. The quantitative estimate of drug-likeness (QED) is 0.329. The first-order valence-electron chi connectivity index (χ1n) is 11.5. The molecule has 0 aliphatic carbocycles. The van der Waals surface area contributed by atoms with Crippen LogP contribution < -0.4 is 10.3 Å². The number of carbonyl (C=O) groups excluding carboxylic acids is 1. The largest absolute Gasteiger partial charge is 0.494 e. The van der Waals surface area contributed by atoms with Gasteiger partial charge in [-0.25, -0.2) is 4.68 Å². The standard InChI is InChI=1S/C25H28N6O4/c1-3-34-21-10-11-22-19(13-21)12-20(25(33)26-22)15-30(14-18-8-6-5-7-9-18)16-23-27-28-29-31(23)17-24(32)35-4-2/h5-13H,3-4,14-17H2,1-2H3,(H,26,33). The van der Waals surface area contributed by atoms with Crippen LogP contribution in [0.15, 0.2) is 59.4 Å². The lowest BCUT2D eigenvalue weighted by atomic mass is 10.1. The third-order valence-electron chi connectivity index (χ3n) is 5.40. The van der Waals surface area contributed by atoms with Crippen LogP contribution >= 0.6 is 0 Å². The zero-order chi connectivity index (χ0) is 24.6. The van der Waals surface area contributed by atoms with Crippen LogP contribution in [-0.2, 0) is 35.7 Å². The van der Waals surface area contributed by atoms with E-state index in [4.69, 9.17) is 9.47 Å². The van der Waals surface area contributed by atoms with Gasteiger partial charge in [0.25, 0.3) is 5.56 Å². The normalized spacial score (nSPS) is 11.2. The minimum absolute atomic E-state index is 0.0773. The molecule has 0 spiro atoms. The summed E-state index contributed by atoms with van der Waals surface area (Å²) in [5, 5.41) is 12.7. The number of hydrogen-bond acceptors (Lipinski definition) is 8. The molecule has 1 N–H and O–H groups in total. The van der Waals surface area contributed by atoms with Gasteiger partial charge in [0.2, 0.25) is 0 Å². The number of tetrazole rings is 1. The van der Waals surface area contributed by atoms with Crippen molar-refractivity contribution in [3.8, 4) is 5.75 Å². The van der Waals surface area contributed by atoms with Gasteiger partial charge >= 0.3 is 5.97 Å². The first-order chi connectivity index (χ1) is 17.1. The number of aromatic amines is 1. The van der Waals surface area contributed by atoms with Gasteiger partial charge in [-0.2, -0.15) is 0 Å². The van der Waals surface area contributed by atoms with E-state index >= 15 is 0 Å². The minimum Gasteiger partial charge on any atom is -0.494 e. The summed E-state index contributed by atoms with van der Waals surface area (Å²) in [6.07, 6.45) is 0. The van der Waals surface area contributed by atoms with Crippen molar-refractivity contribution in [1.82, 2.24) is 30.1 Å². The van der Waals surface area contributed by atoms with Crippen molar-refractivity contribution in [2.45, 2.75) is 40.0 Å². The van der Waals surface area contributed by atoms with Crippen molar-refractivity contribution in [3.05, 3.63) is 81.9 Å². The molecule has 0 saturated heterocycles. The monoisotopic (exact) mass is 476 g/mol. The number of nitrogens with one attached hydrogen (secondary N) is 1. The first kappa shape index (κ1) is 24.1. The van der Waals surface area contributed by atoms with Crippen LogP contribution in [0.2, 0.25) is 0 Å². The summed E-state index contributed by atoms with van der Waals surface area (Å²) in [7, 11) is 0. The molecule has 0 unspecified atom stereocenters. The van der Waals surface area contributed by atoms with E-state index in [1.807, 2.05) is 61.5 Å². The van der Waals surface area contributed by atoms with Gasteiger partial charge in [-0.3, -0.25) is 14.5 Å². The van der Waals surface area contributed by atoms with Crippen LogP contribution in [0.25, 0.3) is 10.9 Å². The molecule has 0 radical (unpaired) electrons. The number of aromatic nitrogens is 5. The fourth-order valence-electron chi connectivity index (χ4n) is 3.84. The van der Waals surface area contributed by atoms with Gasteiger partial charge in [-0.1, -0.05) is 30.3 Å². The number of hydrogen-bond donors (Lipinski definition) is 1. The zero-order valence-electron chi connectivity index (χ0n) is 19.8. The highest BCUT2D eigenvalue weighted by atomic mass is 16.5. The van der Waals surface area contributed by atoms with E-state index in [1.165, 1.54) is 4.68 Å². The Morgan fingerprint density at radius 2 is 1.86 bits per heavy atom. The van der Waals surface area contributed by atoms with Gasteiger partial charge in [0, 0.05) is 29.6 Å². The van der Waals surface area contributed by atoms with Gasteiger partial charge in [0.05, 0.1) is 19.8 Å². The van der Waals surface area contributed by atoms with E-state index in [-0.39, 0.29) is 18.7 Å². The SMILES string of the molecule is CCOC(=O)Cn1nnnc1CN(Cc1ccccc1)Cc1cc2cc(OCC)ccc2[nH]c1=O. The molecule has 0 fully saturated rings. The second kappa shape index (κ2) is 11.4. The molecule has 0 bridgehead atoms. The summed E-state index contributed by atoms with van der Waals surface area (Å²) in [6.45, 7) is 5.69. The minimum atomic E-state index is -0.410. The van der Waals surface area contributed by atoms with Gasteiger partial charge < -0.3 is 14.5 Å². The second-order valence-corrected chi connectivity index (χ2v) is 7.99. The highest BCUT2D eigenvalue weighted by Crippen LogP contribution is 2.20. The summed E-state index contributed by atoms with van der Waals surface area (Å²) in [4.78, 5) is 29.9. The molecule has 10 nitrogen and oxygen atoms in total. The molecule has 0 aliphatic heterocycles. The highest BCUT2D eigenvalue weighted by molar-refractivity contribution is 5.80. The van der Waals surface area contributed by atoms with E-state index in [0.29, 0.717) is 37.6 Å². The maximum Gasteiger partial charge on any atom is 0.327 e. The Bertz CT molecular complexity index is 1330. The fourth-order valence-corrected chi connectivity index (χ4v) is 3.84. The summed E-state index contributed by atoms with van der Waals surface area (Å²) in [5.74, 6) is 0.842. The molecular weight excluding hydrogens is 448 g/mol. The average molecular weight is 477 g/mol. The molecule has 4 aromatic rings. The lowest BCUT2D eigenvalue weighted by Gasteiger charge is -2.22. The smallest absolute Gasteiger partial charge is 0.327 e. The number of nitrogens with zero attached hydrogens (tertiary/aromatic N) is 5. The molecular formula is C25H28N6O4. The number of esters is 1. The van der Waals surface area contributed by atoms with E-state index in [0.717, 1.165) is 22.2 Å². The predicted molar refractivity (Wildman–Crippen MR) is 130 cm³/mol. The zero-order valence-corrected chi connectivity index (χ0v) is 19.8. The first-order valence-corrected chi connectivity index (χ1v) is 11.5. The number of pyridine rings is 1. The Balaban J connectivity index is 1.62. The van der Waals surface area contributed by atoms with Crippen LogP contribution in [-0.4, -0.2) is 49.3 Å². The average Bonchev–Trinajstić information content (AvgIpc) is 3.27. The van der Waals surface area contributed by atoms with Crippen LogP contribution in [0, 0.1) is 0 Å². The molecule has 35 heavy (non-hydrogen) atoms. The highest BCUT2D eigenvalue weighted by Gasteiger charge is 2.17. The predicted octanol–water partition coefficient (Wildman–Crippen LogP) is 2.68. The Kier molecular flexibility index (Phi) is 7.84. The van der Waals surface area contributed by atoms with E-state index < -0.39 is 5.97 Å². The van der Waals surface area contributed by atoms with Gasteiger partial charge in [0.1, 0.15) is 12.3 Å². The fraction of sp³-hybridized carbons (Fsp3) is 0.320. The number of H-pyrrole nitrogens is 1. The maximum atomic E-state index is 12.9. The second-order valence-electron chi connectivity index (χ2n) is 7.99. The maximum absolute atomic E-state index is 12.9. The molecule has 0 atom stereocenters. The van der Waals surface area contributed by atoms with Crippen LogP contribution in [0.1, 0.15) is 30.8 Å². The Labute approximate surface area is 202 Å². The number of carbonyl (C=O) groups is 1. The van der Waals surface area contributed by atoms with Crippen molar-refractivity contribution in [2.24, 2.45) is 0 Å². The summed E-state index contributed by atoms with van der Waals surface area (Å²) in [5.41, 5.74) is 2.26. The molecule has 2 aromatic carbocycles. The number of rotatable bonds is 11. The summed E-state index contributed by atoms with van der Waals surface area (Å²) >= 11 is 0. The van der Waals surface area contributed by atoms with Gasteiger partial charge in [-0.15, -0.1) is 5.10 Å². The van der Waals surface area contributed by atoms with E-state index in [2.05, 4.69) is 25.4 Å². The Hall–Kier alpha value is -4.05. The number of fused-ring (bicyclic) bond motifs is 1. The molecule has 10 heteroatoms. The lowest BCUT2D eigenvalue weighted by Crippen LogP contribution is -2.28. The molecule has 0 saturated carbocycles.